The third-order valence-corrected chi connectivity index (χ3v) is 8.04. The largest absolute Gasteiger partial charge is 0.444 e. The highest BCUT2D eigenvalue weighted by molar-refractivity contribution is 9.10. The number of hydrogen-bond donors (Lipinski definition) is 2. The van der Waals surface area contributed by atoms with Gasteiger partial charge >= 0.3 is 6.09 Å². The molecule has 11 nitrogen and oxygen atoms in total. The van der Waals surface area contributed by atoms with Crippen LogP contribution in [-0.2, 0) is 34.6 Å². The molecule has 1 aromatic heterocycles. The average Bonchev–Trinajstić information content (AvgIpc) is 3.27. The van der Waals surface area contributed by atoms with Gasteiger partial charge in [-0.05, 0) is 72.1 Å². The lowest BCUT2D eigenvalue weighted by Gasteiger charge is -2.52. The minimum absolute atomic E-state index is 0.0285. The predicted octanol–water partition coefficient (Wildman–Crippen LogP) is 4.37. The number of amides is 3. The van der Waals surface area contributed by atoms with Gasteiger partial charge in [0.25, 0.3) is 11.8 Å². The Hall–Kier alpha value is -3.74. The SMILES string of the molecule is CN(C)C(=O)c1ccc(CN2CCn3c(C(=O)NCc4ccc(NC(=O)OC(C)(C)C)cc4)nc(Br)c3C23COC3)cc1. The Balaban J connectivity index is 1.25. The second-order valence-electron chi connectivity index (χ2n) is 12.1. The van der Waals surface area contributed by atoms with Gasteiger partial charge in [0.1, 0.15) is 15.7 Å². The molecule has 5 rings (SSSR count). The summed E-state index contributed by atoms with van der Waals surface area (Å²) < 4.78 is 13.6. The number of hydrogen-bond acceptors (Lipinski definition) is 7. The van der Waals surface area contributed by atoms with Crippen LogP contribution >= 0.6 is 15.9 Å². The van der Waals surface area contributed by atoms with Crippen molar-refractivity contribution >= 4 is 39.5 Å². The molecule has 0 unspecified atom stereocenters. The summed E-state index contributed by atoms with van der Waals surface area (Å²) in [6.07, 6.45) is -0.522. The van der Waals surface area contributed by atoms with E-state index in [-0.39, 0.29) is 11.8 Å². The van der Waals surface area contributed by atoms with Gasteiger partial charge in [0.15, 0.2) is 5.82 Å². The van der Waals surface area contributed by atoms with Gasteiger partial charge in [-0.3, -0.25) is 19.8 Å². The smallest absolute Gasteiger partial charge is 0.412 e. The summed E-state index contributed by atoms with van der Waals surface area (Å²) in [6, 6.07) is 14.9. The van der Waals surface area contributed by atoms with Crippen molar-refractivity contribution in [2.45, 2.75) is 51.5 Å². The van der Waals surface area contributed by atoms with Crippen molar-refractivity contribution in [2.75, 3.05) is 39.2 Å². The number of carbonyl (C=O) groups excluding carboxylic acids is 3. The summed E-state index contributed by atoms with van der Waals surface area (Å²) in [5, 5.41) is 5.68. The van der Waals surface area contributed by atoms with E-state index in [2.05, 4.69) is 36.4 Å². The predicted molar refractivity (Wildman–Crippen MR) is 165 cm³/mol. The molecule has 3 aromatic rings. The first kappa shape index (κ1) is 30.7. The number of benzene rings is 2. The molecule has 0 saturated carbocycles. The van der Waals surface area contributed by atoms with Gasteiger partial charge in [-0.25, -0.2) is 9.78 Å². The summed E-state index contributed by atoms with van der Waals surface area (Å²) in [7, 11) is 3.48. The molecule has 0 atom stereocenters. The molecule has 0 radical (unpaired) electrons. The number of imidazole rings is 1. The van der Waals surface area contributed by atoms with E-state index in [1.165, 1.54) is 0 Å². The van der Waals surface area contributed by atoms with Crippen molar-refractivity contribution in [3.05, 3.63) is 81.3 Å². The number of nitrogens with one attached hydrogen (secondary N) is 2. The minimum Gasteiger partial charge on any atom is -0.444 e. The fraction of sp³-hybridized carbons (Fsp3) is 0.419. The van der Waals surface area contributed by atoms with Crippen molar-refractivity contribution in [1.29, 1.82) is 0 Å². The highest BCUT2D eigenvalue weighted by Crippen LogP contribution is 2.43. The number of nitrogens with zero attached hydrogens (tertiary/aromatic N) is 4. The molecular formula is C31H37BrN6O5. The Labute approximate surface area is 259 Å². The van der Waals surface area contributed by atoms with Gasteiger partial charge in [0, 0.05) is 51.5 Å². The summed E-state index contributed by atoms with van der Waals surface area (Å²) in [5.41, 5.74) is 3.17. The van der Waals surface area contributed by atoms with Crippen LogP contribution in [0.1, 0.15) is 58.6 Å². The Morgan fingerprint density at radius 2 is 1.67 bits per heavy atom. The van der Waals surface area contributed by atoms with Crippen LogP contribution in [0.15, 0.2) is 53.1 Å². The average molecular weight is 654 g/mol. The molecule has 0 bridgehead atoms. The zero-order valence-electron chi connectivity index (χ0n) is 25.1. The molecule has 2 aliphatic heterocycles. The van der Waals surface area contributed by atoms with E-state index >= 15 is 0 Å². The Bertz CT molecular complexity index is 1510. The van der Waals surface area contributed by atoms with Gasteiger partial charge in [0.05, 0.1) is 18.9 Å². The lowest BCUT2D eigenvalue weighted by atomic mass is 9.88. The normalized spacial score (nSPS) is 15.8. The van der Waals surface area contributed by atoms with E-state index in [0.717, 1.165) is 16.8 Å². The number of carbonyl (C=O) groups is 3. The summed E-state index contributed by atoms with van der Waals surface area (Å²) in [5.74, 6) is 0.0507. The number of ether oxygens (including phenoxy) is 2. The molecule has 1 saturated heterocycles. The number of aromatic nitrogens is 2. The van der Waals surface area contributed by atoms with Crippen molar-refractivity contribution in [2.24, 2.45) is 0 Å². The fourth-order valence-electron chi connectivity index (χ4n) is 5.31. The maximum Gasteiger partial charge on any atom is 0.412 e. The monoisotopic (exact) mass is 652 g/mol. The summed E-state index contributed by atoms with van der Waals surface area (Å²) in [6.45, 7) is 8.71. The first-order valence-electron chi connectivity index (χ1n) is 14.1. The molecule has 2 aliphatic rings. The van der Waals surface area contributed by atoms with Gasteiger partial charge in [0.2, 0.25) is 0 Å². The Morgan fingerprint density at radius 1 is 1.02 bits per heavy atom. The van der Waals surface area contributed by atoms with Crippen molar-refractivity contribution in [1.82, 2.24) is 24.7 Å². The van der Waals surface area contributed by atoms with Crippen molar-refractivity contribution in [3.63, 3.8) is 0 Å². The van der Waals surface area contributed by atoms with Crippen LogP contribution in [0.3, 0.4) is 0 Å². The van der Waals surface area contributed by atoms with Crippen LogP contribution in [0.2, 0.25) is 0 Å². The zero-order chi connectivity index (χ0) is 30.9. The fourth-order valence-corrected chi connectivity index (χ4v) is 6.06. The van der Waals surface area contributed by atoms with Gasteiger partial charge in [-0.15, -0.1) is 0 Å². The van der Waals surface area contributed by atoms with E-state index in [4.69, 9.17) is 9.47 Å². The van der Waals surface area contributed by atoms with Crippen molar-refractivity contribution in [3.8, 4) is 0 Å². The standard InChI is InChI=1S/C31H37BrN6O5/c1-30(2,3)43-29(41)34-23-12-8-20(9-13-23)16-33-27(39)26-35-25(32)24-31(18-42-19-31)37(14-15-38(24)26)17-21-6-10-22(11-7-21)28(40)36(4)5/h6-13H,14-19H2,1-5H3,(H,33,39)(H,34,41). The summed E-state index contributed by atoms with van der Waals surface area (Å²) in [4.78, 5) is 46.2. The molecule has 1 spiro atoms. The molecule has 2 N–H and O–H groups in total. The quantitative estimate of drug-likeness (QED) is 0.389. The minimum atomic E-state index is -0.584. The number of halogens is 1. The first-order chi connectivity index (χ1) is 20.4. The maximum absolute atomic E-state index is 13.3. The van der Waals surface area contributed by atoms with Crippen molar-refractivity contribution < 1.29 is 23.9 Å². The Kier molecular flexibility index (Phi) is 8.64. The van der Waals surface area contributed by atoms with Crippen LogP contribution in [0.25, 0.3) is 0 Å². The lowest BCUT2D eigenvalue weighted by Crippen LogP contribution is -2.63. The van der Waals surface area contributed by atoms with Crippen LogP contribution < -0.4 is 10.6 Å². The van der Waals surface area contributed by atoms with Gasteiger partial charge < -0.3 is 24.3 Å². The van der Waals surface area contributed by atoms with E-state index < -0.39 is 17.2 Å². The van der Waals surface area contributed by atoms with Gasteiger partial charge in [-0.2, -0.15) is 0 Å². The van der Waals surface area contributed by atoms with Gasteiger partial charge in [-0.1, -0.05) is 24.3 Å². The maximum atomic E-state index is 13.3. The Morgan fingerprint density at radius 3 is 2.26 bits per heavy atom. The molecule has 0 aliphatic carbocycles. The first-order valence-corrected chi connectivity index (χ1v) is 14.9. The number of rotatable bonds is 7. The van der Waals surface area contributed by atoms with Crippen LogP contribution in [-0.4, -0.2) is 76.7 Å². The molecule has 3 amide bonds. The zero-order valence-corrected chi connectivity index (χ0v) is 26.7. The topological polar surface area (TPSA) is 118 Å². The van der Waals surface area contributed by atoms with Crippen LogP contribution in [0, 0.1) is 0 Å². The van der Waals surface area contributed by atoms with E-state index in [1.807, 2.05) is 41.0 Å². The van der Waals surface area contributed by atoms with Crippen LogP contribution in [0.4, 0.5) is 10.5 Å². The second kappa shape index (κ2) is 12.1. The second-order valence-corrected chi connectivity index (χ2v) is 12.8. The van der Waals surface area contributed by atoms with E-state index in [9.17, 15) is 14.4 Å². The molecular weight excluding hydrogens is 616 g/mol. The van der Waals surface area contributed by atoms with E-state index in [0.29, 0.717) is 61.1 Å². The third-order valence-electron chi connectivity index (χ3n) is 7.48. The molecule has 2 aromatic carbocycles. The third kappa shape index (κ3) is 6.61. The molecule has 12 heteroatoms. The highest BCUT2D eigenvalue weighted by atomic mass is 79.9. The molecule has 228 valence electrons. The van der Waals surface area contributed by atoms with Crippen LogP contribution in [0.5, 0.6) is 0 Å². The summed E-state index contributed by atoms with van der Waals surface area (Å²) >= 11 is 3.63. The number of fused-ring (bicyclic) bond motifs is 2. The lowest BCUT2D eigenvalue weighted by molar-refractivity contribution is -0.163. The highest BCUT2D eigenvalue weighted by Gasteiger charge is 2.52. The molecule has 43 heavy (non-hydrogen) atoms. The molecule has 1 fully saturated rings. The number of anilines is 1. The van der Waals surface area contributed by atoms with E-state index in [1.54, 1.807) is 51.9 Å². The molecule has 3 heterocycles.